The highest BCUT2D eigenvalue weighted by molar-refractivity contribution is 6.15. The number of benzene rings is 1. The molecule has 0 bridgehead atoms. The number of carbonyl (C=O) groups is 2. The Labute approximate surface area is 187 Å². The summed E-state index contributed by atoms with van der Waals surface area (Å²) in [6.07, 6.45) is 6.56. The summed E-state index contributed by atoms with van der Waals surface area (Å²) in [5.74, 6) is -0.876. The number of aliphatic hydroxyl groups is 1. The third-order valence-electron chi connectivity index (χ3n) is 5.94. The Kier molecular flexibility index (Phi) is 6.75. The number of piperidine rings is 1. The minimum absolute atomic E-state index is 0.0319. The molecule has 32 heavy (non-hydrogen) atoms. The van der Waals surface area contributed by atoms with Crippen LogP contribution in [0.4, 0.5) is 0 Å². The number of carbonyl (C=O) groups excluding carboxylic acids is 2. The molecule has 1 unspecified atom stereocenters. The van der Waals surface area contributed by atoms with Crippen LogP contribution >= 0.6 is 0 Å². The molecule has 2 aromatic rings. The molecule has 1 aromatic heterocycles. The molecular weight excluding hydrogens is 408 g/mol. The number of aliphatic hydroxyl groups excluding tert-OH is 1. The molecule has 0 radical (unpaired) electrons. The van der Waals surface area contributed by atoms with Gasteiger partial charge in [-0.05, 0) is 55.8 Å². The number of furan rings is 1. The lowest BCUT2D eigenvalue weighted by Crippen LogP contribution is -2.40. The van der Waals surface area contributed by atoms with Gasteiger partial charge in [0.25, 0.3) is 5.91 Å². The smallest absolute Gasteiger partial charge is 0.290 e. The molecule has 2 aliphatic rings. The van der Waals surface area contributed by atoms with Crippen LogP contribution in [0, 0.1) is 0 Å². The highest BCUT2D eigenvalue weighted by atomic mass is 16.5. The van der Waals surface area contributed by atoms with Gasteiger partial charge in [0.05, 0.1) is 17.9 Å². The van der Waals surface area contributed by atoms with Crippen LogP contribution in [0.5, 0.6) is 5.75 Å². The van der Waals surface area contributed by atoms with Gasteiger partial charge in [0.2, 0.25) is 5.78 Å². The zero-order valence-electron chi connectivity index (χ0n) is 18.0. The first-order chi connectivity index (χ1) is 15.6. The van der Waals surface area contributed by atoms with Crippen LogP contribution in [0.25, 0.3) is 0 Å². The monoisotopic (exact) mass is 436 g/mol. The Hall–Kier alpha value is -3.32. The molecule has 1 atom stereocenters. The number of ketones is 1. The summed E-state index contributed by atoms with van der Waals surface area (Å²) in [6, 6.07) is 9.66. The molecule has 168 valence electrons. The number of hydrogen-bond donors (Lipinski definition) is 1. The maximum atomic E-state index is 13.2. The van der Waals surface area contributed by atoms with E-state index >= 15 is 0 Å². The molecule has 1 N–H and O–H groups in total. The lowest BCUT2D eigenvalue weighted by atomic mass is 9.95. The highest BCUT2D eigenvalue weighted by Gasteiger charge is 2.44. The molecule has 1 amide bonds. The highest BCUT2D eigenvalue weighted by Crippen LogP contribution is 2.39. The molecule has 2 aliphatic heterocycles. The molecule has 7 heteroatoms. The van der Waals surface area contributed by atoms with Gasteiger partial charge in [-0.25, -0.2) is 0 Å². The molecule has 3 heterocycles. The van der Waals surface area contributed by atoms with Crippen molar-refractivity contribution in [3.63, 3.8) is 0 Å². The van der Waals surface area contributed by atoms with Crippen molar-refractivity contribution in [3.8, 4) is 5.75 Å². The maximum absolute atomic E-state index is 13.2. The van der Waals surface area contributed by atoms with Crippen molar-refractivity contribution in [2.75, 3.05) is 32.8 Å². The quantitative estimate of drug-likeness (QED) is 0.474. The third kappa shape index (κ3) is 4.48. The number of nitrogens with zero attached hydrogens (tertiary/aromatic N) is 2. The van der Waals surface area contributed by atoms with E-state index in [0.717, 1.165) is 25.9 Å². The van der Waals surface area contributed by atoms with Gasteiger partial charge in [-0.2, -0.15) is 0 Å². The van der Waals surface area contributed by atoms with Gasteiger partial charge in [0.1, 0.15) is 12.4 Å². The molecular formula is C25H28N2O5. The Morgan fingerprint density at radius 3 is 2.72 bits per heavy atom. The van der Waals surface area contributed by atoms with Crippen molar-refractivity contribution in [1.29, 1.82) is 0 Å². The van der Waals surface area contributed by atoms with E-state index in [2.05, 4.69) is 11.5 Å². The summed E-state index contributed by atoms with van der Waals surface area (Å²) in [6.45, 7) is 7.08. The van der Waals surface area contributed by atoms with Gasteiger partial charge < -0.3 is 24.1 Å². The fourth-order valence-corrected chi connectivity index (χ4v) is 4.37. The van der Waals surface area contributed by atoms with E-state index in [1.165, 1.54) is 18.8 Å². The molecule has 0 aliphatic carbocycles. The second-order valence-electron chi connectivity index (χ2n) is 8.04. The van der Waals surface area contributed by atoms with Crippen molar-refractivity contribution in [3.05, 3.63) is 78.0 Å². The van der Waals surface area contributed by atoms with Crippen LogP contribution in [-0.4, -0.2) is 59.4 Å². The topological polar surface area (TPSA) is 83.2 Å². The Morgan fingerprint density at radius 1 is 1.19 bits per heavy atom. The van der Waals surface area contributed by atoms with E-state index in [0.29, 0.717) is 31.0 Å². The summed E-state index contributed by atoms with van der Waals surface area (Å²) in [7, 11) is 0. The molecule has 4 rings (SSSR count). The van der Waals surface area contributed by atoms with Crippen molar-refractivity contribution >= 4 is 11.7 Å². The Balaban J connectivity index is 1.67. The van der Waals surface area contributed by atoms with Crippen molar-refractivity contribution in [1.82, 2.24) is 9.80 Å². The molecule has 1 saturated heterocycles. The zero-order valence-corrected chi connectivity index (χ0v) is 18.0. The fourth-order valence-electron chi connectivity index (χ4n) is 4.37. The number of hydrogen-bond acceptors (Lipinski definition) is 6. The lowest BCUT2D eigenvalue weighted by Gasteiger charge is -2.31. The van der Waals surface area contributed by atoms with E-state index in [1.807, 2.05) is 12.1 Å². The number of Topliss-reactive ketones (excluding diaryl/α,β-unsaturated/α-hetero) is 1. The minimum atomic E-state index is -0.725. The van der Waals surface area contributed by atoms with Crippen molar-refractivity contribution in [2.24, 2.45) is 0 Å². The largest absolute Gasteiger partial charge is 0.503 e. The average Bonchev–Trinajstić information content (AvgIpc) is 3.44. The van der Waals surface area contributed by atoms with E-state index in [9.17, 15) is 14.7 Å². The fraction of sp³-hybridized carbons (Fsp3) is 0.360. The third-order valence-corrected chi connectivity index (χ3v) is 5.94. The SMILES string of the molecule is C=CCOc1cccc(C2C(C(=O)c3ccco3)=C(O)C(=O)N2CCN2CCCCC2)c1. The normalized spacial score (nSPS) is 19.4. The summed E-state index contributed by atoms with van der Waals surface area (Å²) in [4.78, 5) is 30.2. The van der Waals surface area contributed by atoms with Crippen LogP contribution in [0.15, 0.2) is 71.1 Å². The minimum Gasteiger partial charge on any atom is -0.503 e. The summed E-state index contributed by atoms with van der Waals surface area (Å²) < 4.78 is 10.9. The van der Waals surface area contributed by atoms with Gasteiger partial charge >= 0.3 is 0 Å². The van der Waals surface area contributed by atoms with Crippen molar-refractivity contribution in [2.45, 2.75) is 25.3 Å². The number of amides is 1. The average molecular weight is 437 g/mol. The summed E-state index contributed by atoms with van der Waals surface area (Å²) >= 11 is 0. The molecule has 1 aromatic carbocycles. The molecule has 0 spiro atoms. The second kappa shape index (κ2) is 9.87. The van der Waals surface area contributed by atoms with Gasteiger partial charge in [0, 0.05) is 13.1 Å². The van der Waals surface area contributed by atoms with Crippen molar-refractivity contribution < 1.29 is 23.8 Å². The number of rotatable bonds is 9. The standard InChI is InChI=1S/C25H28N2O5/c1-2-15-31-19-9-6-8-18(17-19)22-21(23(28)20-10-7-16-32-20)24(29)25(30)27(22)14-13-26-11-4-3-5-12-26/h2,6-10,16-17,22,29H,1,3-5,11-15H2. The summed E-state index contributed by atoms with van der Waals surface area (Å²) in [5, 5.41) is 10.7. The Morgan fingerprint density at radius 2 is 2.00 bits per heavy atom. The van der Waals surface area contributed by atoms with E-state index in [-0.39, 0.29) is 11.3 Å². The van der Waals surface area contributed by atoms with E-state index in [4.69, 9.17) is 9.15 Å². The molecule has 7 nitrogen and oxygen atoms in total. The predicted octanol–water partition coefficient (Wildman–Crippen LogP) is 3.91. The molecule has 0 saturated carbocycles. The Bertz CT molecular complexity index is 1010. The zero-order chi connectivity index (χ0) is 22.5. The first-order valence-electron chi connectivity index (χ1n) is 11.0. The van der Waals surface area contributed by atoms with Gasteiger partial charge in [-0.3, -0.25) is 9.59 Å². The number of ether oxygens (including phenoxy) is 1. The van der Waals surface area contributed by atoms with Gasteiger partial charge in [0.15, 0.2) is 11.5 Å². The lowest BCUT2D eigenvalue weighted by molar-refractivity contribution is -0.129. The maximum Gasteiger partial charge on any atom is 0.290 e. The predicted molar refractivity (Wildman–Crippen MR) is 120 cm³/mol. The van der Waals surface area contributed by atoms with E-state index in [1.54, 1.807) is 29.2 Å². The van der Waals surface area contributed by atoms with Gasteiger partial charge in [-0.1, -0.05) is 31.2 Å². The second-order valence-corrected chi connectivity index (χ2v) is 8.04. The van der Waals surface area contributed by atoms with Crippen LogP contribution in [0.1, 0.15) is 41.4 Å². The molecule has 1 fully saturated rings. The van der Waals surface area contributed by atoms with Crippen LogP contribution < -0.4 is 4.74 Å². The van der Waals surface area contributed by atoms with Crippen LogP contribution in [-0.2, 0) is 4.79 Å². The van der Waals surface area contributed by atoms with Gasteiger partial charge in [-0.15, -0.1) is 0 Å². The summed E-state index contributed by atoms with van der Waals surface area (Å²) in [5.41, 5.74) is 0.724. The number of likely N-dealkylation sites (tertiary alicyclic amines) is 1. The van der Waals surface area contributed by atoms with Crippen LogP contribution in [0.3, 0.4) is 0 Å². The van der Waals surface area contributed by atoms with Crippen LogP contribution in [0.2, 0.25) is 0 Å². The first-order valence-corrected chi connectivity index (χ1v) is 11.0. The first kappa shape index (κ1) is 21.9. The van der Waals surface area contributed by atoms with E-state index < -0.39 is 23.5 Å².